The number of hydrogen-bond acceptors (Lipinski definition) is 2. The quantitative estimate of drug-likeness (QED) is 0.799. The van der Waals surface area contributed by atoms with Crippen LogP contribution in [0.1, 0.15) is 28.9 Å². The van der Waals surface area contributed by atoms with E-state index in [1.165, 1.54) is 5.56 Å². The number of aromatic amines is 1. The molecule has 2 aromatic carbocycles. The highest BCUT2D eigenvalue weighted by molar-refractivity contribution is 5.96. The first-order chi connectivity index (χ1) is 12.2. The third kappa shape index (κ3) is 3.07. The van der Waals surface area contributed by atoms with Gasteiger partial charge in [0.25, 0.3) is 11.5 Å². The fourth-order valence-corrected chi connectivity index (χ4v) is 3.68. The van der Waals surface area contributed by atoms with Crippen LogP contribution in [0.15, 0.2) is 65.5 Å². The van der Waals surface area contributed by atoms with E-state index < -0.39 is 0 Å². The SMILES string of the molecule is O=C(c1cc2ccccc2c(=O)[nH]1)N1CCCC1Cc1ccccc1. The number of hydrogen-bond donors (Lipinski definition) is 1. The van der Waals surface area contributed by atoms with Crippen LogP contribution < -0.4 is 5.56 Å². The van der Waals surface area contributed by atoms with E-state index in [1.54, 1.807) is 12.1 Å². The van der Waals surface area contributed by atoms with Gasteiger partial charge in [0.15, 0.2) is 0 Å². The molecule has 1 aliphatic rings. The molecule has 1 amide bonds. The number of H-pyrrole nitrogens is 1. The van der Waals surface area contributed by atoms with Crippen LogP contribution in [0.5, 0.6) is 0 Å². The van der Waals surface area contributed by atoms with E-state index in [-0.39, 0.29) is 17.5 Å². The average molecular weight is 332 g/mol. The molecule has 1 unspecified atom stereocenters. The second-order valence-corrected chi connectivity index (χ2v) is 6.58. The number of pyridine rings is 1. The van der Waals surface area contributed by atoms with Crippen molar-refractivity contribution in [1.82, 2.24) is 9.88 Å². The van der Waals surface area contributed by atoms with Crippen molar-refractivity contribution in [3.8, 4) is 0 Å². The Hall–Kier alpha value is -2.88. The van der Waals surface area contributed by atoms with Crippen LogP contribution in [0.4, 0.5) is 0 Å². The van der Waals surface area contributed by atoms with Crippen molar-refractivity contribution in [2.75, 3.05) is 6.54 Å². The van der Waals surface area contributed by atoms with Crippen molar-refractivity contribution in [1.29, 1.82) is 0 Å². The average Bonchev–Trinajstić information content (AvgIpc) is 3.10. The minimum Gasteiger partial charge on any atom is -0.334 e. The number of benzene rings is 2. The molecule has 1 aromatic heterocycles. The Morgan fingerprint density at radius 2 is 1.84 bits per heavy atom. The molecule has 1 N–H and O–H groups in total. The smallest absolute Gasteiger partial charge is 0.270 e. The van der Waals surface area contributed by atoms with Gasteiger partial charge in [-0.05, 0) is 42.3 Å². The van der Waals surface area contributed by atoms with Crippen molar-refractivity contribution in [2.45, 2.75) is 25.3 Å². The molecule has 25 heavy (non-hydrogen) atoms. The second kappa shape index (κ2) is 6.55. The van der Waals surface area contributed by atoms with E-state index in [9.17, 15) is 9.59 Å². The molecule has 2 heterocycles. The summed E-state index contributed by atoms with van der Waals surface area (Å²) in [6.07, 6.45) is 2.85. The molecular weight excluding hydrogens is 312 g/mol. The van der Waals surface area contributed by atoms with Gasteiger partial charge in [0, 0.05) is 18.0 Å². The summed E-state index contributed by atoms with van der Waals surface area (Å²) < 4.78 is 0. The van der Waals surface area contributed by atoms with E-state index in [2.05, 4.69) is 17.1 Å². The number of carbonyl (C=O) groups is 1. The van der Waals surface area contributed by atoms with Crippen molar-refractivity contribution < 1.29 is 4.79 Å². The second-order valence-electron chi connectivity index (χ2n) is 6.58. The normalized spacial score (nSPS) is 17.1. The van der Waals surface area contributed by atoms with Gasteiger partial charge in [-0.15, -0.1) is 0 Å². The van der Waals surface area contributed by atoms with Gasteiger partial charge < -0.3 is 9.88 Å². The van der Waals surface area contributed by atoms with E-state index in [0.29, 0.717) is 11.1 Å². The number of amides is 1. The molecule has 0 aliphatic carbocycles. The van der Waals surface area contributed by atoms with E-state index in [0.717, 1.165) is 31.2 Å². The fraction of sp³-hybridized carbons (Fsp3) is 0.238. The third-order valence-corrected chi connectivity index (χ3v) is 4.94. The summed E-state index contributed by atoms with van der Waals surface area (Å²) >= 11 is 0. The Kier molecular flexibility index (Phi) is 4.10. The third-order valence-electron chi connectivity index (χ3n) is 4.94. The van der Waals surface area contributed by atoms with E-state index >= 15 is 0 Å². The first-order valence-electron chi connectivity index (χ1n) is 8.69. The maximum atomic E-state index is 13.0. The highest BCUT2D eigenvalue weighted by Gasteiger charge is 2.30. The summed E-state index contributed by atoms with van der Waals surface area (Å²) in [6, 6.07) is 19.6. The first kappa shape index (κ1) is 15.6. The Morgan fingerprint density at radius 1 is 1.08 bits per heavy atom. The number of fused-ring (bicyclic) bond motifs is 1. The summed E-state index contributed by atoms with van der Waals surface area (Å²) in [5.74, 6) is -0.0821. The van der Waals surface area contributed by atoms with E-state index in [4.69, 9.17) is 0 Å². The first-order valence-corrected chi connectivity index (χ1v) is 8.69. The van der Waals surface area contributed by atoms with Crippen LogP contribution in [-0.4, -0.2) is 28.4 Å². The Balaban J connectivity index is 1.62. The Bertz CT molecular complexity index is 962. The number of nitrogens with zero attached hydrogens (tertiary/aromatic N) is 1. The monoisotopic (exact) mass is 332 g/mol. The van der Waals surface area contributed by atoms with E-state index in [1.807, 2.05) is 41.3 Å². The molecule has 3 aromatic rings. The van der Waals surface area contributed by atoms with Crippen molar-refractivity contribution in [2.24, 2.45) is 0 Å². The lowest BCUT2D eigenvalue weighted by Gasteiger charge is -2.25. The van der Waals surface area contributed by atoms with Gasteiger partial charge in [-0.25, -0.2) is 0 Å². The maximum absolute atomic E-state index is 13.0. The summed E-state index contributed by atoms with van der Waals surface area (Å²) in [7, 11) is 0. The molecular formula is C21H20N2O2. The molecule has 0 spiro atoms. The maximum Gasteiger partial charge on any atom is 0.270 e. The Labute approximate surface area is 146 Å². The summed E-state index contributed by atoms with van der Waals surface area (Å²) in [6.45, 7) is 0.741. The van der Waals surface area contributed by atoms with Gasteiger partial charge in [-0.1, -0.05) is 48.5 Å². The molecule has 0 bridgehead atoms. The standard InChI is InChI=1S/C21H20N2O2/c24-20-18-11-5-4-9-16(18)14-19(22-20)21(25)23-12-6-10-17(23)13-15-7-2-1-3-8-15/h1-5,7-9,11,14,17H,6,10,12-13H2,(H,22,24). The lowest BCUT2D eigenvalue weighted by atomic mass is 10.0. The number of likely N-dealkylation sites (tertiary alicyclic amines) is 1. The van der Waals surface area contributed by atoms with Crippen molar-refractivity contribution in [3.63, 3.8) is 0 Å². The van der Waals surface area contributed by atoms with Gasteiger partial charge in [-0.2, -0.15) is 0 Å². The largest absolute Gasteiger partial charge is 0.334 e. The van der Waals surface area contributed by atoms with Crippen molar-refractivity contribution in [3.05, 3.63) is 82.3 Å². The summed E-state index contributed by atoms with van der Waals surface area (Å²) in [4.78, 5) is 29.9. The molecule has 1 fully saturated rings. The lowest BCUT2D eigenvalue weighted by molar-refractivity contribution is 0.0730. The lowest BCUT2D eigenvalue weighted by Crippen LogP contribution is -2.37. The molecule has 0 saturated carbocycles. The predicted octanol–water partition coefficient (Wildman–Crippen LogP) is 3.38. The minimum atomic E-state index is -0.208. The van der Waals surface area contributed by atoms with Crippen LogP contribution in [0, 0.1) is 0 Å². The van der Waals surface area contributed by atoms with Crippen molar-refractivity contribution >= 4 is 16.7 Å². The van der Waals surface area contributed by atoms with Crippen LogP contribution >= 0.6 is 0 Å². The molecule has 1 aliphatic heterocycles. The predicted molar refractivity (Wildman–Crippen MR) is 98.8 cm³/mol. The molecule has 126 valence electrons. The molecule has 4 heteroatoms. The fourth-order valence-electron chi connectivity index (χ4n) is 3.68. The number of rotatable bonds is 3. The van der Waals surface area contributed by atoms with Gasteiger partial charge in [0.05, 0.1) is 0 Å². The van der Waals surface area contributed by atoms with Crippen LogP contribution in [0.2, 0.25) is 0 Å². The van der Waals surface area contributed by atoms with Crippen LogP contribution in [0.3, 0.4) is 0 Å². The highest BCUT2D eigenvalue weighted by Crippen LogP contribution is 2.23. The summed E-state index contributed by atoms with van der Waals surface area (Å²) in [5, 5.41) is 1.41. The summed E-state index contributed by atoms with van der Waals surface area (Å²) in [5.41, 5.74) is 1.41. The number of aromatic nitrogens is 1. The molecule has 4 nitrogen and oxygen atoms in total. The topological polar surface area (TPSA) is 53.2 Å². The molecule has 1 atom stereocenters. The van der Waals surface area contributed by atoms with Crippen LogP contribution in [-0.2, 0) is 6.42 Å². The highest BCUT2D eigenvalue weighted by atomic mass is 16.2. The van der Waals surface area contributed by atoms with Gasteiger partial charge in [0.1, 0.15) is 5.69 Å². The zero-order chi connectivity index (χ0) is 17.2. The zero-order valence-corrected chi connectivity index (χ0v) is 13.9. The zero-order valence-electron chi connectivity index (χ0n) is 13.9. The number of nitrogens with one attached hydrogen (secondary N) is 1. The van der Waals surface area contributed by atoms with Gasteiger partial charge in [0.2, 0.25) is 0 Å². The molecule has 4 rings (SSSR count). The molecule has 0 radical (unpaired) electrons. The van der Waals surface area contributed by atoms with Crippen LogP contribution in [0.25, 0.3) is 10.8 Å². The minimum absolute atomic E-state index is 0.0821. The molecule has 1 saturated heterocycles. The van der Waals surface area contributed by atoms with Gasteiger partial charge in [-0.3, -0.25) is 9.59 Å². The van der Waals surface area contributed by atoms with Gasteiger partial charge >= 0.3 is 0 Å². The number of carbonyl (C=O) groups excluding carboxylic acids is 1. The Morgan fingerprint density at radius 3 is 2.68 bits per heavy atom.